The molecule has 2 aromatic heterocycles. The number of Topliss-reactive ketones (excluding diaryl/α,β-unsaturated/α-hetero) is 1. The highest BCUT2D eigenvalue weighted by atomic mass is 35.5. The van der Waals surface area contributed by atoms with Crippen molar-refractivity contribution in [3.63, 3.8) is 0 Å². The summed E-state index contributed by atoms with van der Waals surface area (Å²) in [7, 11) is 4.14. The highest BCUT2D eigenvalue weighted by Crippen LogP contribution is 2.36. The summed E-state index contributed by atoms with van der Waals surface area (Å²) in [6.07, 6.45) is 0.632. The highest BCUT2D eigenvalue weighted by molar-refractivity contribution is 6.06. The number of fused-ring (bicyclic) bond motifs is 1. The van der Waals surface area contributed by atoms with Crippen molar-refractivity contribution in [1.29, 1.82) is 0 Å². The van der Waals surface area contributed by atoms with Crippen LogP contribution in [0.1, 0.15) is 43.0 Å². The molecule has 0 amide bonds. The van der Waals surface area contributed by atoms with Gasteiger partial charge in [-0.2, -0.15) is 0 Å². The van der Waals surface area contributed by atoms with Crippen LogP contribution < -0.4 is 10.1 Å². The van der Waals surface area contributed by atoms with Crippen molar-refractivity contribution in [3.8, 4) is 22.8 Å². The van der Waals surface area contributed by atoms with E-state index in [0.29, 0.717) is 39.5 Å². The minimum atomic E-state index is -4.95. The van der Waals surface area contributed by atoms with Crippen molar-refractivity contribution in [3.05, 3.63) is 42.1 Å². The van der Waals surface area contributed by atoms with E-state index in [1.807, 2.05) is 0 Å². The summed E-state index contributed by atoms with van der Waals surface area (Å²) in [6.45, 7) is 2.51. The number of rotatable bonds is 7. The Bertz CT molecular complexity index is 1270. The topological polar surface area (TPSA) is 87.6 Å². The third-order valence-electron chi connectivity index (χ3n) is 6.39. The summed E-state index contributed by atoms with van der Waals surface area (Å²) < 4.78 is 42.2. The average molecular weight is 575 g/mol. The Morgan fingerprint density at radius 3 is 2.42 bits per heavy atom. The van der Waals surface area contributed by atoms with Crippen LogP contribution in [0.4, 0.5) is 18.9 Å². The molecule has 1 fully saturated rings. The van der Waals surface area contributed by atoms with Gasteiger partial charge in [0.05, 0.1) is 22.5 Å². The Morgan fingerprint density at radius 2 is 1.82 bits per heavy atom. The van der Waals surface area contributed by atoms with Gasteiger partial charge in [0, 0.05) is 24.3 Å². The molecule has 1 aromatic carbocycles. The van der Waals surface area contributed by atoms with Gasteiger partial charge in [0.25, 0.3) is 0 Å². The van der Waals surface area contributed by atoms with Gasteiger partial charge in [-0.25, -0.2) is 4.98 Å². The van der Waals surface area contributed by atoms with Crippen LogP contribution in [0.25, 0.3) is 22.3 Å². The predicted octanol–water partition coefficient (Wildman–Crippen LogP) is 6.48. The van der Waals surface area contributed by atoms with E-state index < -0.39 is 17.9 Å². The average Bonchev–Trinajstić information content (AvgIpc) is 2.80. The first-order chi connectivity index (χ1) is 17.0. The summed E-state index contributed by atoms with van der Waals surface area (Å²) >= 11 is 0. The molecule has 0 spiro atoms. The van der Waals surface area contributed by atoms with Gasteiger partial charge in [0.15, 0.2) is 17.3 Å². The highest BCUT2D eigenvalue weighted by Gasteiger charge is 2.32. The predicted molar refractivity (Wildman–Crippen MR) is 146 cm³/mol. The molecule has 2 heterocycles. The number of hydrogen-bond donors (Lipinski definition) is 2. The van der Waals surface area contributed by atoms with Gasteiger partial charge >= 0.3 is 6.36 Å². The second-order valence-electron chi connectivity index (χ2n) is 9.52. The Hall–Kier alpha value is -2.82. The minimum absolute atomic E-state index is 0. The molecule has 2 N–H and O–H groups in total. The second kappa shape index (κ2) is 12.8. The van der Waals surface area contributed by atoms with Gasteiger partial charge in [0.2, 0.25) is 0 Å². The zero-order valence-electron chi connectivity index (χ0n) is 21.2. The van der Waals surface area contributed by atoms with E-state index in [1.54, 1.807) is 12.1 Å². The minimum Gasteiger partial charge on any atom is -0.504 e. The number of phenolic OH excluding ortho intramolecular Hbond substituents is 1. The number of aromatic hydroxyl groups is 1. The maximum atomic E-state index is 12.7. The molecule has 0 radical (unpaired) electrons. The van der Waals surface area contributed by atoms with Crippen molar-refractivity contribution in [2.45, 2.75) is 45.0 Å². The molecule has 12 heteroatoms. The Labute approximate surface area is 231 Å². The fourth-order valence-electron chi connectivity index (χ4n) is 4.73. The summed E-state index contributed by atoms with van der Waals surface area (Å²) in [4.78, 5) is 23.7. The SMILES string of the molecule is CC(=O)c1cnc2ccc(-c3ccc(O)c(OC(F)(F)F)c3)nc2c1NC1CCC(CN(C)C)CC1.Cl.Cl. The van der Waals surface area contributed by atoms with E-state index >= 15 is 0 Å². The molecule has 0 atom stereocenters. The first kappa shape index (κ1) is 31.4. The van der Waals surface area contributed by atoms with Gasteiger partial charge in [-0.1, -0.05) is 0 Å². The number of halogens is 5. The standard InChI is InChI=1S/C26H29F3N4O3.2ClH/c1-15(34)19-13-30-21-10-9-20(17-6-11-22(35)23(12-17)36-26(27,28)29)32-25(21)24(19)31-18-7-4-16(5-8-18)14-33(2)3;;/h6,9-13,16,18,35H,4-5,7-8,14H2,1-3H3,(H,30,31);2*1H. The van der Waals surface area contributed by atoms with Gasteiger partial charge in [0.1, 0.15) is 5.52 Å². The van der Waals surface area contributed by atoms with Crippen LogP contribution in [0, 0.1) is 5.92 Å². The fraction of sp³-hybridized carbons (Fsp3) is 0.423. The van der Waals surface area contributed by atoms with Crippen molar-refractivity contribution >= 4 is 47.3 Å². The first-order valence-electron chi connectivity index (χ1n) is 11.8. The van der Waals surface area contributed by atoms with E-state index in [0.717, 1.165) is 44.4 Å². The normalized spacial score (nSPS) is 17.4. The first-order valence-corrected chi connectivity index (χ1v) is 11.8. The van der Waals surface area contributed by atoms with Crippen LogP contribution in [0.3, 0.4) is 0 Å². The van der Waals surface area contributed by atoms with E-state index in [4.69, 9.17) is 0 Å². The molecule has 0 aliphatic heterocycles. The zero-order chi connectivity index (χ0) is 26.0. The van der Waals surface area contributed by atoms with Crippen molar-refractivity contribution in [1.82, 2.24) is 14.9 Å². The number of anilines is 1. The Balaban J connectivity index is 0.00000253. The van der Waals surface area contributed by atoms with Crippen LogP contribution in [0.15, 0.2) is 36.5 Å². The number of nitrogens with zero attached hydrogens (tertiary/aromatic N) is 3. The van der Waals surface area contributed by atoms with Crippen molar-refractivity contribution in [2.75, 3.05) is 26.0 Å². The lowest BCUT2D eigenvalue weighted by molar-refractivity contribution is -0.275. The van der Waals surface area contributed by atoms with Gasteiger partial charge in [-0.05, 0) is 83.0 Å². The molecule has 1 aliphatic rings. The summed E-state index contributed by atoms with van der Waals surface area (Å²) in [5.74, 6) is -0.882. The zero-order valence-corrected chi connectivity index (χ0v) is 22.8. The number of alkyl halides is 3. The number of ketones is 1. The number of nitrogens with one attached hydrogen (secondary N) is 1. The molecule has 4 rings (SSSR count). The molecule has 7 nitrogen and oxygen atoms in total. The third kappa shape index (κ3) is 7.61. The lowest BCUT2D eigenvalue weighted by atomic mass is 9.85. The maximum absolute atomic E-state index is 12.7. The van der Waals surface area contributed by atoms with E-state index in [9.17, 15) is 23.1 Å². The molecule has 3 aromatic rings. The number of pyridine rings is 2. The molecular formula is C26H31Cl2F3N4O3. The Kier molecular flexibility index (Phi) is 10.6. The second-order valence-corrected chi connectivity index (χ2v) is 9.52. The largest absolute Gasteiger partial charge is 0.573 e. The van der Waals surface area contributed by atoms with Crippen molar-refractivity contribution < 1.29 is 27.8 Å². The molecule has 38 heavy (non-hydrogen) atoms. The number of hydrogen-bond acceptors (Lipinski definition) is 7. The molecule has 0 unspecified atom stereocenters. The number of benzene rings is 1. The molecule has 1 saturated carbocycles. The molecule has 208 valence electrons. The van der Waals surface area contributed by atoms with Gasteiger partial charge in [-0.15, -0.1) is 38.0 Å². The number of aromatic nitrogens is 2. The molecule has 1 aliphatic carbocycles. The summed E-state index contributed by atoms with van der Waals surface area (Å²) in [6, 6.07) is 7.16. The molecule has 0 bridgehead atoms. The molecular weight excluding hydrogens is 544 g/mol. The maximum Gasteiger partial charge on any atom is 0.573 e. The quantitative estimate of drug-likeness (QED) is 0.312. The summed E-state index contributed by atoms with van der Waals surface area (Å²) in [5.41, 5.74) is 2.68. The lowest BCUT2D eigenvalue weighted by Crippen LogP contribution is -2.31. The van der Waals surface area contributed by atoms with E-state index in [1.165, 1.54) is 19.2 Å². The monoisotopic (exact) mass is 574 g/mol. The van der Waals surface area contributed by atoms with Crippen LogP contribution in [-0.4, -0.2) is 58.8 Å². The van der Waals surface area contributed by atoms with Gasteiger partial charge in [-0.3, -0.25) is 9.78 Å². The summed E-state index contributed by atoms with van der Waals surface area (Å²) in [5, 5.41) is 13.3. The molecule has 0 saturated heterocycles. The van der Waals surface area contributed by atoms with Crippen LogP contribution in [-0.2, 0) is 0 Å². The number of carbonyl (C=O) groups is 1. The number of carbonyl (C=O) groups excluding carboxylic acids is 1. The van der Waals surface area contributed by atoms with Gasteiger partial charge < -0.3 is 20.1 Å². The Morgan fingerprint density at radius 1 is 1.13 bits per heavy atom. The van der Waals surface area contributed by atoms with Crippen LogP contribution in [0.2, 0.25) is 0 Å². The third-order valence-corrected chi connectivity index (χ3v) is 6.39. The lowest BCUT2D eigenvalue weighted by Gasteiger charge is -2.31. The van der Waals surface area contributed by atoms with Crippen LogP contribution in [0.5, 0.6) is 11.5 Å². The van der Waals surface area contributed by atoms with Crippen LogP contribution >= 0.6 is 24.8 Å². The number of ether oxygens (including phenoxy) is 1. The van der Waals surface area contributed by atoms with Crippen molar-refractivity contribution in [2.24, 2.45) is 5.92 Å². The fourth-order valence-corrected chi connectivity index (χ4v) is 4.73. The van der Waals surface area contributed by atoms with E-state index in [-0.39, 0.29) is 36.6 Å². The van der Waals surface area contributed by atoms with E-state index in [2.05, 4.69) is 39.0 Å². The smallest absolute Gasteiger partial charge is 0.504 e. The number of phenols is 1.